The molecule has 1 saturated heterocycles. The van der Waals surface area contributed by atoms with Crippen LogP contribution in [0.1, 0.15) is 30.3 Å². The lowest BCUT2D eigenvalue weighted by Gasteiger charge is -2.34. The first-order valence-electron chi connectivity index (χ1n) is 10.1. The zero-order valence-corrected chi connectivity index (χ0v) is 18.7. The predicted octanol–water partition coefficient (Wildman–Crippen LogP) is 2.55. The summed E-state index contributed by atoms with van der Waals surface area (Å²) in [7, 11) is -3.08. The highest BCUT2D eigenvalue weighted by molar-refractivity contribution is 7.91. The highest BCUT2D eigenvalue weighted by Gasteiger charge is 2.35. The Kier molecular flexibility index (Phi) is 6.10. The Bertz CT molecular complexity index is 1310. The molecule has 1 amide bonds. The van der Waals surface area contributed by atoms with E-state index in [-0.39, 0.29) is 28.8 Å². The van der Waals surface area contributed by atoms with Gasteiger partial charge < -0.3 is 14.8 Å². The molecule has 14 heteroatoms. The molecule has 1 fully saturated rings. The van der Waals surface area contributed by atoms with Crippen molar-refractivity contribution in [3.63, 3.8) is 0 Å². The number of aromatic nitrogens is 4. The average molecular weight is 499 g/mol. The van der Waals surface area contributed by atoms with Gasteiger partial charge in [-0.2, -0.15) is 18.3 Å². The van der Waals surface area contributed by atoms with Crippen molar-refractivity contribution in [2.45, 2.75) is 31.5 Å². The number of ether oxygens (including phenoxy) is 2. The third kappa shape index (κ3) is 5.73. The molecule has 0 spiro atoms. The minimum Gasteiger partial charge on any atom is -0.464 e. The minimum atomic E-state index is -4.55. The second-order valence-corrected chi connectivity index (χ2v) is 10.4. The van der Waals surface area contributed by atoms with Gasteiger partial charge in [0.25, 0.3) is 17.7 Å². The van der Waals surface area contributed by atoms with Crippen LogP contribution in [0.25, 0.3) is 5.52 Å². The highest BCUT2D eigenvalue weighted by Crippen LogP contribution is 2.29. The van der Waals surface area contributed by atoms with Crippen LogP contribution in [0.3, 0.4) is 0 Å². The third-order valence-corrected chi connectivity index (χ3v) is 6.88. The molecular weight excluding hydrogens is 479 g/mol. The van der Waals surface area contributed by atoms with Crippen LogP contribution in [-0.2, 0) is 9.84 Å². The fourth-order valence-electron chi connectivity index (χ4n) is 3.34. The van der Waals surface area contributed by atoms with Gasteiger partial charge in [0.15, 0.2) is 12.3 Å². The van der Waals surface area contributed by atoms with E-state index in [9.17, 15) is 26.4 Å². The molecule has 0 bridgehead atoms. The summed E-state index contributed by atoms with van der Waals surface area (Å²) < 4.78 is 72.4. The van der Waals surface area contributed by atoms with Crippen molar-refractivity contribution in [3.05, 3.63) is 42.5 Å². The Balaban J connectivity index is 1.48. The Hall–Kier alpha value is -3.42. The number of carbonyl (C=O) groups excluding carboxylic acids is 1. The van der Waals surface area contributed by atoms with Crippen LogP contribution in [0.5, 0.6) is 17.5 Å². The number of nitrogens with zero attached hydrogens (tertiary/aromatic N) is 4. The molecule has 0 radical (unpaired) electrons. The van der Waals surface area contributed by atoms with Crippen LogP contribution in [0.2, 0.25) is 0 Å². The largest absolute Gasteiger partial charge is 0.464 e. The predicted molar refractivity (Wildman–Crippen MR) is 113 cm³/mol. The summed E-state index contributed by atoms with van der Waals surface area (Å²) in [6.07, 6.45) is -0.0146. The summed E-state index contributed by atoms with van der Waals surface area (Å²) >= 11 is 0. The first kappa shape index (κ1) is 23.7. The molecule has 0 saturated carbocycles. The van der Waals surface area contributed by atoms with Gasteiger partial charge in [0.05, 0.1) is 17.0 Å². The summed E-state index contributed by atoms with van der Waals surface area (Å²) in [6.45, 7) is 0.244. The molecule has 3 aromatic heterocycles. The van der Waals surface area contributed by atoms with Gasteiger partial charge in [0.2, 0.25) is 0 Å². The molecular formula is C20H20F3N5O5S. The van der Waals surface area contributed by atoms with E-state index < -0.39 is 39.9 Å². The van der Waals surface area contributed by atoms with E-state index in [0.29, 0.717) is 18.4 Å². The van der Waals surface area contributed by atoms with Gasteiger partial charge in [-0.1, -0.05) is 0 Å². The minimum absolute atomic E-state index is 0.00664. The smallest absolute Gasteiger partial charge is 0.422 e. The van der Waals surface area contributed by atoms with Crippen molar-refractivity contribution in [1.29, 1.82) is 0 Å². The molecule has 0 aromatic carbocycles. The van der Waals surface area contributed by atoms with Gasteiger partial charge in [-0.3, -0.25) is 4.79 Å². The van der Waals surface area contributed by atoms with Gasteiger partial charge >= 0.3 is 6.18 Å². The van der Waals surface area contributed by atoms with Gasteiger partial charge in [-0.05, 0) is 31.9 Å². The normalized spacial score (nSPS) is 17.3. The number of nitrogens with one attached hydrogen (secondary N) is 1. The second-order valence-electron chi connectivity index (χ2n) is 8.10. The van der Waals surface area contributed by atoms with E-state index in [1.807, 2.05) is 0 Å². The lowest BCUT2D eigenvalue weighted by molar-refractivity contribution is -0.154. The Labute approximate surface area is 192 Å². The average Bonchev–Trinajstić information content (AvgIpc) is 3.19. The number of amides is 1. The van der Waals surface area contributed by atoms with Crippen LogP contribution in [0.15, 0.2) is 36.8 Å². The standard InChI is InChI=1S/C20H20F3N5O5S/c1-19(3-8-34(30,31)9-4-19)26-16(29)15-11-13-10-14(2-7-28(13)27-15)33-18-17(24-5-6-25-18)32-12-20(21,22)23/h2,5-7,10-11H,3-4,8-9,12H2,1H3,(H,26,29). The van der Waals surface area contributed by atoms with Crippen molar-refractivity contribution < 1.29 is 35.9 Å². The number of alkyl halides is 3. The number of halogens is 3. The summed E-state index contributed by atoms with van der Waals surface area (Å²) in [4.78, 5) is 20.3. The first-order chi connectivity index (χ1) is 15.9. The maximum atomic E-state index is 12.7. The number of pyridine rings is 1. The van der Waals surface area contributed by atoms with E-state index in [2.05, 4.69) is 25.1 Å². The first-order valence-corrected chi connectivity index (χ1v) is 11.9. The van der Waals surface area contributed by atoms with Crippen LogP contribution in [0.4, 0.5) is 13.2 Å². The number of fused-ring (bicyclic) bond motifs is 1. The molecule has 0 atom stereocenters. The number of sulfone groups is 1. The van der Waals surface area contributed by atoms with Crippen LogP contribution in [0, 0.1) is 0 Å². The molecule has 1 aliphatic rings. The lowest BCUT2D eigenvalue weighted by atomic mass is 9.94. The fourth-order valence-corrected chi connectivity index (χ4v) is 5.07. The summed E-state index contributed by atoms with van der Waals surface area (Å²) in [5, 5.41) is 7.07. The molecule has 3 aromatic rings. The van der Waals surface area contributed by atoms with Gasteiger partial charge in [-0.25, -0.2) is 22.9 Å². The zero-order chi connectivity index (χ0) is 24.6. The molecule has 182 valence electrons. The van der Waals surface area contributed by atoms with E-state index in [1.54, 1.807) is 6.92 Å². The van der Waals surface area contributed by atoms with Crippen LogP contribution < -0.4 is 14.8 Å². The molecule has 1 aliphatic heterocycles. The van der Waals surface area contributed by atoms with E-state index in [1.165, 1.54) is 41.3 Å². The van der Waals surface area contributed by atoms with E-state index in [0.717, 1.165) is 0 Å². The second kappa shape index (κ2) is 8.74. The van der Waals surface area contributed by atoms with Crippen molar-refractivity contribution in [2.75, 3.05) is 18.1 Å². The molecule has 10 nitrogen and oxygen atoms in total. The maximum absolute atomic E-state index is 12.7. The number of rotatable bonds is 6. The topological polar surface area (TPSA) is 125 Å². The van der Waals surface area contributed by atoms with Crippen molar-refractivity contribution in [3.8, 4) is 17.5 Å². The quantitative estimate of drug-likeness (QED) is 0.549. The SMILES string of the molecule is CC1(NC(=O)c2cc3cc(Oc4nccnc4OCC(F)(F)F)ccn3n2)CCS(=O)(=O)CC1. The molecule has 4 heterocycles. The van der Waals surface area contributed by atoms with Crippen molar-refractivity contribution in [2.24, 2.45) is 0 Å². The summed E-state index contributed by atoms with van der Waals surface area (Å²) in [5.74, 6) is -0.907. The molecule has 0 unspecified atom stereocenters. The van der Waals surface area contributed by atoms with Crippen molar-refractivity contribution >= 4 is 21.3 Å². The monoisotopic (exact) mass is 499 g/mol. The third-order valence-electron chi connectivity index (χ3n) is 5.23. The molecule has 1 N–H and O–H groups in total. The lowest BCUT2D eigenvalue weighted by Crippen LogP contribution is -2.51. The molecule has 0 aliphatic carbocycles. The Morgan fingerprint density at radius 3 is 2.53 bits per heavy atom. The Morgan fingerprint density at radius 2 is 1.85 bits per heavy atom. The van der Waals surface area contributed by atoms with E-state index in [4.69, 9.17) is 4.74 Å². The Morgan fingerprint density at radius 1 is 1.18 bits per heavy atom. The maximum Gasteiger partial charge on any atom is 0.422 e. The van der Waals surface area contributed by atoms with Crippen molar-refractivity contribution in [1.82, 2.24) is 24.9 Å². The van der Waals surface area contributed by atoms with Gasteiger partial charge in [0.1, 0.15) is 15.6 Å². The molecule has 4 rings (SSSR count). The van der Waals surface area contributed by atoms with Gasteiger partial charge in [-0.15, -0.1) is 0 Å². The highest BCUT2D eigenvalue weighted by atomic mass is 32.2. The fraction of sp³-hybridized carbons (Fsp3) is 0.400. The zero-order valence-electron chi connectivity index (χ0n) is 17.9. The summed E-state index contributed by atoms with van der Waals surface area (Å²) in [6, 6.07) is 4.50. The van der Waals surface area contributed by atoms with E-state index >= 15 is 0 Å². The molecule has 34 heavy (non-hydrogen) atoms. The summed E-state index contributed by atoms with van der Waals surface area (Å²) in [5.41, 5.74) is -0.0770. The number of hydrogen-bond acceptors (Lipinski definition) is 8. The van der Waals surface area contributed by atoms with Crippen LogP contribution in [-0.4, -0.2) is 63.7 Å². The number of hydrogen-bond donors (Lipinski definition) is 1. The number of carbonyl (C=O) groups is 1. The van der Waals surface area contributed by atoms with Crippen LogP contribution >= 0.6 is 0 Å². The van der Waals surface area contributed by atoms with Gasteiger partial charge in [0, 0.05) is 30.2 Å².